The average Bonchev–Trinajstić information content (AvgIpc) is 2.36. The third kappa shape index (κ3) is 9.23. The van der Waals surface area contributed by atoms with E-state index in [1.165, 1.54) is 0 Å². The van der Waals surface area contributed by atoms with Crippen LogP contribution < -0.4 is 5.32 Å². The molecule has 0 bridgehead atoms. The van der Waals surface area contributed by atoms with Crippen LogP contribution >= 0.6 is 0 Å². The molecule has 0 aromatic carbocycles. The van der Waals surface area contributed by atoms with Crippen molar-refractivity contribution in [1.29, 1.82) is 0 Å². The van der Waals surface area contributed by atoms with E-state index in [9.17, 15) is 18.0 Å². The standard InChI is InChI=1S/C17H34F3NO4Si/c1-15(2,3)25-14(23)21-13(9-12(10-22)17(18,19)20)11-24-26(7,8)16(4,5)6/h12-13,22H,9-11H2,1-8H3,(H,21,23)/t12-,13-/m1/s1. The van der Waals surface area contributed by atoms with Gasteiger partial charge in [0.2, 0.25) is 0 Å². The first-order valence-electron chi connectivity index (χ1n) is 8.70. The Morgan fingerprint density at radius 2 is 1.62 bits per heavy atom. The van der Waals surface area contributed by atoms with Gasteiger partial charge in [0.1, 0.15) is 5.60 Å². The van der Waals surface area contributed by atoms with Crippen LogP contribution in [0.3, 0.4) is 0 Å². The molecule has 5 nitrogen and oxygen atoms in total. The summed E-state index contributed by atoms with van der Waals surface area (Å²) in [7, 11) is -2.21. The molecule has 0 heterocycles. The summed E-state index contributed by atoms with van der Waals surface area (Å²) in [6.45, 7) is 13.9. The summed E-state index contributed by atoms with van der Waals surface area (Å²) in [5.41, 5.74) is -0.769. The van der Waals surface area contributed by atoms with Crippen molar-refractivity contribution in [3.8, 4) is 0 Å². The van der Waals surface area contributed by atoms with E-state index >= 15 is 0 Å². The van der Waals surface area contributed by atoms with E-state index in [2.05, 4.69) is 5.32 Å². The molecule has 156 valence electrons. The third-order valence-corrected chi connectivity index (χ3v) is 8.93. The second-order valence-corrected chi connectivity index (χ2v) is 13.9. The normalized spacial score (nSPS) is 16.2. The summed E-state index contributed by atoms with van der Waals surface area (Å²) < 4.78 is 50.1. The fraction of sp³-hybridized carbons (Fsp3) is 0.941. The highest BCUT2D eigenvalue weighted by atomic mass is 28.4. The van der Waals surface area contributed by atoms with E-state index in [0.29, 0.717) is 0 Å². The highest BCUT2D eigenvalue weighted by Crippen LogP contribution is 2.37. The zero-order valence-electron chi connectivity index (χ0n) is 17.1. The van der Waals surface area contributed by atoms with Crippen LogP contribution in [0.1, 0.15) is 48.0 Å². The molecule has 0 aliphatic carbocycles. The van der Waals surface area contributed by atoms with Gasteiger partial charge in [0.05, 0.1) is 25.2 Å². The first-order valence-corrected chi connectivity index (χ1v) is 11.6. The molecule has 0 saturated heterocycles. The number of aliphatic hydroxyl groups is 1. The minimum Gasteiger partial charge on any atom is -0.444 e. The Balaban J connectivity index is 5.19. The monoisotopic (exact) mass is 401 g/mol. The summed E-state index contributed by atoms with van der Waals surface area (Å²) in [6.07, 6.45) is -5.84. The number of carbonyl (C=O) groups is 1. The summed E-state index contributed by atoms with van der Waals surface area (Å²) >= 11 is 0. The fourth-order valence-electron chi connectivity index (χ4n) is 1.82. The topological polar surface area (TPSA) is 67.8 Å². The molecule has 9 heteroatoms. The maximum absolute atomic E-state index is 13.0. The number of ether oxygens (including phenoxy) is 1. The zero-order valence-corrected chi connectivity index (χ0v) is 18.1. The molecule has 0 radical (unpaired) electrons. The number of hydrogen-bond donors (Lipinski definition) is 2. The smallest absolute Gasteiger partial charge is 0.407 e. The van der Waals surface area contributed by atoms with Crippen LogP contribution in [0.5, 0.6) is 0 Å². The third-order valence-electron chi connectivity index (χ3n) is 4.42. The van der Waals surface area contributed by atoms with Gasteiger partial charge in [-0.1, -0.05) is 20.8 Å². The van der Waals surface area contributed by atoms with Crippen LogP contribution in [0.15, 0.2) is 0 Å². The number of halogens is 3. The van der Waals surface area contributed by atoms with Gasteiger partial charge in [-0.25, -0.2) is 4.79 Å². The van der Waals surface area contributed by atoms with Crippen LogP contribution in [0.25, 0.3) is 0 Å². The SMILES string of the molecule is CC(C)(C)OC(=O)N[C@@H](CO[Si](C)(C)C(C)(C)C)C[C@H](CO)C(F)(F)F. The van der Waals surface area contributed by atoms with Crippen molar-refractivity contribution >= 4 is 14.4 Å². The highest BCUT2D eigenvalue weighted by Gasteiger charge is 2.42. The maximum atomic E-state index is 13.0. The van der Waals surface area contributed by atoms with Gasteiger partial charge in [-0.05, 0) is 45.3 Å². The summed E-state index contributed by atoms with van der Waals surface area (Å²) in [4.78, 5) is 12.0. The lowest BCUT2D eigenvalue weighted by Gasteiger charge is -2.37. The number of nitrogens with one attached hydrogen (secondary N) is 1. The molecule has 2 N–H and O–H groups in total. The van der Waals surface area contributed by atoms with Gasteiger partial charge in [-0.2, -0.15) is 13.2 Å². The molecule has 1 amide bonds. The predicted molar refractivity (Wildman–Crippen MR) is 97.6 cm³/mol. The first kappa shape index (κ1) is 25.2. The van der Waals surface area contributed by atoms with Crippen LogP contribution in [-0.4, -0.2) is 50.6 Å². The first-order chi connectivity index (χ1) is 11.4. The van der Waals surface area contributed by atoms with Gasteiger partial charge < -0.3 is 19.6 Å². The van der Waals surface area contributed by atoms with Crippen LogP contribution in [0.4, 0.5) is 18.0 Å². The van der Waals surface area contributed by atoms with Crippen molar-refractivity contribution in [3.63, 3.8) is 0 Å². The van der Waals surface area contributed by atoms with Gasteiger partial charge in [-0.3, -0.25) is 0 Å². The molecule has 2 atom stereocenters. The minimum atomic E-state index is -4.56. The molecule has 0 unspecified atom stereocenters. The maximum Gasteiger partial charge on any atom is 0.407 e. The highest BCUT2D eigenvalue weighted by molar-refractivity contribution is 6.74. The molecule has 0 aromatic heterocycles. The van der Waals surface area contributed by atoms with Gasteiger partial charge in [-0.15, -0.1) is 0 Å². The molecule has 0 aliphatic heterocycles. The van der Waals surface area contributed by atoms with E-state index in [1.807, 2.05) is 33.9 Å². The number of hydrogen-bond acceptors (Lipinski definition) is 4. The van der Waals surface area contributed by atoms with Crippen molar-refractivity contribution in [2.75, 3.05) is 13.2 Å². The average molecular weight is 402 g/mol. The van der Waals surface area contributed by atoms with Crippen molar-refractivity contribution in [3.05, 3.63) is 0 Å². The Hall–Kier alpha value is -0.803. The number of carbonyl (C=O) groups excluding carboxylic acids is 1. The lowest BCUT2D eigenvalue weighted by molar-refractivity contribution is -0.187. The number of alkyl halides is 3. The number of rotatable bonds is 7. The Morgan fingerprint density at radius 3 is 1.96 bits per heavy atom. The predicted octanol–water partition coefficient (Wildman–Crippen LogP) is 4.46. The molecule has 0 fully saturated rings. The molecule has 26 heavy (non-hydrogen) atoms. The Kier molecular flexibility index (Phi) is 8.65. The molecule has 0 rings (SSSR count). The van der Waals surface area contributed by atoms with E-state index in [0.717, 1.165) is 0 Å². The summed E-state index contributed by atoms with van der Waals surface area (Å²) in [5, 5.41) is 11.4. The van der Waals surface area contributed by atoms with Crippen LogP contribution in [0.2, 0.25) is 18.1 Å². The van der Waals surface area contributed by atoms with E-state index in [-0.39, 0.29) is 11.6 Å². The van der Waals surface area contributed by atoms with Gasteiger partial charge in [0.25, 0.3) is 0 Å². The quantitative estimate of drug-likeness (QED) is 0.618. The van der Waals surface area contributed by atoms with Crippen LogP contribution in [0, 0.1) is 5.92 Å². The Labute approximate surface area is 155 Å². The number of aliphatic hydroxyl groups excluding tert-OH is 1. The Bertz CT molecular complexity index is 456. The summed E-state index contributed by atoms with van der Waals surface area (Å²) in [5.74, 6) is -1.94. The second kappa shape index (κ2) is 8.92. The van der Waals surface area contributed by atoms with Gasteiger partial charge in [0, 0.05) is 0 Å². The fourth-order valence-corrected chi connectivity index (χ4v) is 2.87. The molecule has 0 aliphatic rings. The lowest BCUT2D eigenvalue weighted by Crippen LogP contribution is -2.48. The Morgan fingerprint density at radius 1 is 1.12 bits per heavy atom. The molecule has 0 saturated carbocycles. The molecule has 0 spiro atoms. The number of alkyl carbamates (subject to hydrolysis) is 1. The van der Waals surface area contributed by atoms with E-state index < -0.39 is 51.2 Å². The second-order valence-electron chi connectivity index (χ2n) is 9.07. The molecular weight excluding hydrogens is 367 g/mol. The zero-order chi connectivity index (χ0) is 21.0. The lowest BCUT2D eigenvalue weighted by atomic mass is 10.0. The van der Waals surface area contributed by atoms with Gasteiger partial charge in [0.15, 0.2) is 8.32 Å². The van der Waals surface area contributed by atoms with Crippen molar-refractivity contribution < 1.29 is 32.2 Å². The van der Waals surface area contributed by atoms with E-state index in [1.54, 1.807) is 20.8 Å². The largest absolute Gasteiger partial charge is 0.444 e. The van der Waals surface area contributed by atoms with Crippen molar-refractivity contribution in [1.82, 2.24) is 5.32 Å². The molecule has 0 aromatic rings. The van der Waals surface area contributed by atoms with Gasteiger partial charge >= 0.3 is 12.3 Å². The van der Waals surface area contributed by atoms with Crippen LogP contribution in [-0.2, 0) is 9.16 Å². The van der Waals surface area contributed by atoms with Crippen molar-refractivity contribution in [2.45, 2.75) is 83.9 Å². The van der Waals surface area contributed by atoms with E-state index in [4.69, 9.17) is 14.3 Å². The molecular formula is C17H34F3NO4Si. The minimum absolute atomic E-state index is 0.0671. The number of amides is 1. The van der Waals surface area contributed by atoms with Crippen molar-refractivity contribution in [2.24, 2.45) is 5.92 Å². The summed E-state index contributed by atoms with van der Waals surface area (Å²) in [6, 6.07) is -0.919.